The van der Waals surface area contributed by atoms with Crippen molar-refractivity contribution in [1.29, 1.82) is 0 Å². The highest BCUT2D eigenvalue weighted by atomic mass is 79.9. The number of amides is 2. The summed E-state index contributed by atoms with van der Waals surface area (Å²) in [6.45, 7) is 0. The maximum absolute atomic E-state index is 11.1. The van der Waals surface area contributed by atoms with Gasteiger partial charge in [-0.25, -0.2) is 13.1 Å². The van der Waals surface area contributed by atoms with Crippen LogP contribution < -0.4 is 10.0 Å². The molecule has 0 aromatic rings. The van der Waals surface area contributed by atoms with E-state index in [1.165, 1.54) is 0 Å². The summed E-state index contributed by atoms with van der Waals surface area (Å²) in [5.74, 6) is -0.963. The summed E-state index contributed by atoms with van der Waals surface area (Å²) in [5, 5.41) is 2.06. The van der Waals surface area contributed by atoms with Crippen molar-refractivity contribution in [1.82, 2.24) is 10.0 Å². The van der Waals surface area contributed by atoms with Crippen molar-refractivity contribution in [3.05, 3.63) is 0 Å². The van der Waals surface area contributed by atoms with E-state index in [1.807, 2.05) is 0 Å². The minimum absolute atomic E-state index is 0.154. The molecule has 2 N–H and O–H groups in total. The van der Waals surface area contributed by atoms with Crippen LogP contribution in [0.2, 0.25) is 0 Å². The van der Waals surface area contributed by atoms with Crippen molar-refractivity contribution in [3.63, 3.8) is 0 Å². The van der Waals surface area contributed by atoms with Crippen LogP contribution in [0.5, 0.6) is 0 Å². The first kappa shape index (κ1) is 11.6. The van der Waals surface area contributed by atoms with Crippen LogP contribution >= 0.6 is 15.9 Å². The molecule has 0 aliphatic carbocycles. The highest BCUT2D eigenvalue weighted by Gasteiger charge is 2.29. The molecule has 14 heavy (non-hydrogen) atoms. The standard InChI is InChI=1S/C6H9BrN2O4S/c7-3-14(12,13)9-4-1-2-5(10)8-6(4)11/h4,9H,1-3H2,(H,8,10,11). The Bertz CT molecular complexity index is 353. The van der Waals surface area contributed by atoms with Gasteiger partial charge in [0.25, 0.3) is 0 Å². The van der Waals surface area contributed by atoms with Gasteiger partial charge < -0.3 is 0 Å². The number of halogens is 1. The van der Waals surface area contributed by atoms with Crippen LogP contribution in [0.25, 0.3) is 0 Å². The molecule has 2 amide bonds. The van der Waals surface area contributed by atoms with E-state index in [0.717, 1.165) is 0 Å². The van der Waals surface area contributed by atoms with Crippen LogP contribution in [0.15, 0.2) is 0 Å². The van der Waals surface area contributed by atoms with Crippen molar-refractivity contribution in [2.24, 2.45) is 0 Å². The smallest absolute Gasteiger partial charge is 0.244 e. The lowest BCUT2D eigenvalue weighted by Crippen LogP contribution is -2.52. The number of hydrogen-bond acceptors (Lipinski definition) is 4. The molecular weight excluding hydrogens is 276 g/mol. The zero-order valence-electron chi connectivity index (χ0n) is 7.12. The Balaban J connectivity index is 2.63. The molecule has 0 bridgehead atoms. The monoisotopic (exact) mass is 284 g/mol. The molecule has 8 heteroatoms. The average molecular weight is 285 g/mol. The molecule has 1 atom stereocenters. The molecule has 0 spiro atoms. The first-order chi connectivity index (χ1) is 6.44. The first-order valence-electron chi connectivity index (χ1n) is 3.84. The average Bonchev–Trinajstić information content (AvgIpc) is 2.10. The highest BCUT2D eigenvalue weighted by Crippen LogP contribution is 2.06. The Morgan fingerprint density at radius 3 is 2.64 bits per heavy atom. The zero-order valence-corrected chi connectivity index (χ0v) is 9.52. The van der Waals surface area contributed by atoms with E-state index >= 15 is 0 Å². The van der Waals surface area contributed by atoms with Crippen molar-refractivity contribution >= 4 is 37.8 Å². The van der Waals surface area contributed by atoms with Gasteiger partial charge in [-0.2, -0.15) is 0 Å². The van der Waals surface area contributed by atoms with E-state index in [4.69, 9.17) is 0 Å². The van der Waals surface area contributed by atoms with Gasteiger partial charge in [0.2, 0.25) is 21.8 Å². The topological polar surface area (TPSA) is 92.3 Å². The third-order valence-corrected chi connectivity index (χ3v) is 4.44. The Morgan fingerprint density at radius 1 is 1.50 bits per heavy atom. The number of carbonyl (C=O) groups is 2. The number of carbonyl (C=O) groups excluding carboxylic acids is 2. The van der Waals surface area contributed by atoms with Gasteiger partial charge in [-0.1, -0.05) is 15.9 Å². The van der Waals surface area contributed by atoms with Crippen LogP contribution in [-0.2, 0) is 19.6 Å². The fraction of sp³-hybridized carbons (Fsp3) is 0.667. The number of imide groups is 1. The minimum atomic E-state index is -3.47. The Kier molecular flexibility index (Phi) is 3.62. The summed E-state index contributed by atoms with van der Waals surface area (Å²) in [6, 6.07) is -0.838. The molecule has 1 heterocycles. The van der Waals surface area contributed by atoms with E-state index < -0.39 is 22.0 Å². The molecule has 1 fully saturated rings. The lowest BCUT2D eigenvalue weighted by Gasteiger charge is -2.20. The van der Waals surface area contributed by atoms with E-state index in [1.54, 1.807) is 0 Å². The van der Waals surface area contributed by atoms with Crippen LogP contribution in [-0.4, -0.2) is 30.9 Å². The highest BCUT2D eigenvalue weighted by molar-refractivity contribution is 9.10. The number of nitrogens with one attached hydrogen (secondary N) is 2. The quantitative estimate of drug-likeness (QED) is 0.517. The first-order valence-corrected chi connectivity index (χ1v) is 6.61. The zero-order chi connectivity index (χ0) is 10.8. The lowest BCUT2D eigenvalue weighted by atomic mass is 10.1. The minimum Gasteiger partial charge on any atom is -0.295 e. The van der Waals surface area contributed by atoms with Gasteiger partial charge in [0.1, 0.15) is 10.7 Å². The third kappa shape index (κ3) is 3.03. The van der Waals surface area contributed by atoms with Gasteiger partial charge in [0, 0.05) is 6.42 Å². The number of hydrogen-bond donors (Lipinski definition) is 2. The molecule has 1 saturated heterocycles. The van der Waals surface area contributed by atoms with E-state index in [0.29, 0.717) is 0 Å². The van der Waals surface area contributed by atoms with Gasteiger partial charge in [-0.15, -0.1) is 0 Å². The second-order valence-corrected chi connectivity index (χ2v) is 5.90. The number of piperidine rings is 1. The van der Waals surface area contributed by atoms with Crippen LogP contribution in [0.3, 0.4) is 0 Å². The Labute approximate surface area is 89.6 Å². The lowest BCUT2D eigenvalue weighted by molar-refractivity contribution is -0.134. The fourth-order valence-corrected chi connectivity index (χ4v) is 2.17. The summed E-state index contributed by atoms with van der Waals surface area (Å²) in [4.78, 5) is 21.9. The fourth-order valence-electron chi connectivity index (χ4n) is 1.05. The summed E-state index contributed by atoms with van der Waals surface area (Å²) in [7, 11) is -3.47. The molecule has 6 nitrogen and oxygen atoms in total. The normalized spacial score (nSPS) is 23.4. The van der Waals surface area contributed by atoms with Gasteiger partial charge in [-0.05, 0) is 6.42 Å². The maximum atomic E-state index is 11.1. The van der Waals surface area contributed by atoms with Crippen molar-refractivity contribution < 1.29 is 18.0 Å². The predicted molar refractivity (Wildman–Crippen MR) is 52.0 cm³/mol. The second kappa shape index (κ2) is 4.37. The summed E-state index contributed by atoms with van der Waals surface area (Å²) in [6.07, 6.45) is 0.359. The van der Waals surface area contributed by atoms with Crippen molar-refractivity contribution in [3.8, 4) is 0 Å². The SMILES string of the molecule is O=C1CCC(NS(=O)(=O)CBr)C(=O)N1. The van der Waals surface area contributed by atoms with E-state index in [2.05, 4.69) is 26.0 Å². The summed E-state index contributed by atoms with van der Waals surface area (Å²) in [5.41, 5.74) is 0. The molecule has 1 rings (SSSR count). The van der Waals surface area contributed by atoms with Gasteiger partial charge in [0.15, 0.2) is 0 Å². The molecular formula is C6H9BrN2O4S. The Morgan fingerprint density at radius 2 is 2.14 bits per heavy atom. The van der Waals surface area contributed by atoms with E-state index in [9.17, 15) is 18.0 Å². The Hall–Kier alpha value is -0.470. The molecule has 0 aromatic carbocycles. The molecule has 1 unspecified atom stereocenters. The predicted octanol–water partition coefficient (Wildman–Crippen LogP) is -0.937. The van der Waals surface area contributed by atoms with Gasteiger partial charge in [-0.3, -0.25) is 14.9 Å². The third-order valence-electron chi connectivity index (χ3n) is 1.70. The van der Waals surface area contributed by atoms with Crippen LogP contribution in [0.1, 0.15) is 12.8 Å². The van der Waals surface area contributed by atoms with Crippen LogP contribution in [0, 0.1) is 0 Å². The maximum Gasteiger partial charge on any atom is 0.244 e. The number of rotatable bonds is 3. The summed E-state index contributed by atoms with van der Waals surface area (Å²) < 4.78 is 24.1. The largest absolute Gasteiger partial charge is 0.295 e. The van der Waals surface area contributed by atoms with Crippen molar-refractivity contribution in [2.75, 3.05) is 4.66 Å². The van der Waals surface area contributed by atoms with E-state index in [-0.39, 0.29) is 23.4 Å². The molecule has 0 aromatic heterocycles. The molecule has 80 valence electrons. The van der Waals surface area contributed by atoms with Crippen LogP contribution in [0.4, 0.5) is 0 Å². The van der Waals surface area contributed by atoms with Gasteiger partial charge in [0.05, 0.1) is 0 Å². The number of sulfonamides is 1. The molecule has 1 aliphatic heterocycles. The second-order valence-electron chi connectivity index (χ2n) is 2.85. The molecule has 1 aliphatic rings. The summed E-state index contributed by atoms with van der Waals surface area (Å²) >= 11 is 2.78. The van der Waals surface area contributed by atoms with Crippen molar-refractivity contribution in [2.45, 2.75) is 18.9 Å². The molecule has 0 saturated carbocycles. The molecule has 0 radical (unpaired) electrons. The van der Waals surface area contributed by atoms with Gasteiger partial charge >= 0.3 is 0 Å². The number of alkyl halides is 1.